The first-order valence-corrected chi connectivity index (χ1v) is 13.2. The molecule has 0 saturated carbocycles. The van der Waals surface area contributed by atoms with Gasteiger partial charge in [-0.05, 0) is 50.7 Å². The molecule has 0 saturated heterocycles. The van der Waals surface area contributed by atoms with Crippen molar-refractivity contribution < 1.29 is 26.8 Å². The van der Waals surface area contributed by atoms with Crippen LogP contribution in [0.2, 0.25) is 0 Å². The first-order valence-electron chi connectivity index (χ1n) is 11.4. The fourth-order valence-electron chi connectivity index (χ4n) is 3.62. The predicted molar refractivity (Wildman–Crippen MR) is 132 cm³/mol. The van der Waals surface area contributed by atoms with E-state index in [9.17, 15) is 8.42 Å². The second-order valence-electron chi connectivity index (χ2n) is 8.48. The molecule has 0 fully saturated rings. The molecule has 0 aromatic heterocycles. The van der Waals surface area contributed by atoms with Crippen LogP contribution in [0.3, 0.4) is 0 Å². The molecule has 186 valence electrons. The monoisotopic (exact) mass is 480 g/mol. The summed E-state index contributed by atoms with van der Waals surface area (Å²) in [6.07, 6.45) is 4.79. The van der Waals surface area contributed by atoms with Crippen molar-refractivity contribution >= 4 is 10.1 Å². The van der Waals surface area contributed by atoms with Crippen LogP contribution in [0, 0.1) is 23.7 Å². The summed E-state index contributed by atoms with van der Waals surface area (Å²) in [6, 6.07) is 10.1. The Morgan fingerprint density at radius 1 is 1.15 bits per heavy atom. The molecule has 1 aromatic rings. The van der Waals surface area contributed by atoms with E-state index < -0.39 is 16.2 Å². The molecule has 0 spiro atoms. The fourth-order valence-corrected chi connectivity index (χ4v) is 4.30. The van der Waals surface area contributed by atoms with Gasteiger partial charge in [0.2, 0.25) is 0 Å². The molecule has 0 bridgehead atoms. The van der Waals surface area contributed by atoms with Crippen LogP contribution in [0.5, 0.6) is 0 Å². The van der Waals surface area contributed by atoms with Crippen molar-refractivity contribution in [2.24, 2.45) is 11.8 Å². The van der Waals surface area contributed by atoms with Crippen LogP contribution < -0.4 is 0 Å². The molecule has 1 rings (SSSR count). The molecule has 1 aromatic carbocycles. The molecule has 0 aliphatic carbocycles. The van der Waals surface area contributed by atoms with E-state index in [0.29, 0.717) is 19.6 Å². The predicted octanol–water partition coefficient (Wildman–Crippen LogP) is 4.95. The number of rotatable bonds is 15. The Morgan fingerprint density at radius 3 is 2.48 bits per heavy atom. The maximum atomic E-state index is 11.3. The summed E-state index contributed by atoms with van der Waals surface area (Å²) in [4.78, 5) is 0. The minimum atomic E-state index is -3.46. The Bertz CT molecular complexity index is 854. The largest absolute Gasteiger partial charge is 0.377 e. The Balaban J connectivity index is 2.55. The third-order valence-electron chi connectivity index (χ3n) is 4.89. The van der Waals surface area contributed by atoms with E-state index in [1.165, 1.54) is 5.56 Å². The molecule has 0 radical (unpaired) electrons. The van der Waals surface area contributed by atoms with E-state index in [-0.39, 0.29) is 24.7 Å². The molecule has 1 unspecified atom stereocenters. The first-order chi connectivity index (χ1) is 15.6. The van der Waals surface area contributed by atoms with Gasteiger partial charge >= 0.3 is 0 Å². The van der Waals surface area contributed by atoms with Crippen molar-refractivity contribution in [3.63, 3.8) is 0 Å². The van der Waals surface area contributed by atoms with Crippen LogP contribution in [0.15, 0.2) is 42.0 Å². The van der Waals surface area contributed by atoms with Crippen LogP contribution in [0.4, 0.5) is 0 Å². The summed E-state index contributed by atoms with van der Waals surface area (Å²) >= 11 is 0. The van der Waals surface area contributed by atoms with E-state index in [2.05, 4.69) is 30.0 Å². The van der Waals surface area contributed by atoms with E-state index in [4.69, 9.17) is 18.4 Å². The Hall–Kier alpha value is -1.69. The van der Waals surface area contributed by atoms with Gasteiger partial charge in [-0.2, -0.15) is 8.42 Å². The fraction of sp³-hybridized carbons (Fsp3) is 0.615. The molecule has 6 nitrogen and oxygen atoms in total. The highest BCUT2D eigenvalue weighted by atomic mass is 32.2. The zero-order chi connectivity index (χ0) is 24.7. The van der Waals surface area contributed by atoms with E-state index >= 15 is 0 Å². The van der Waals surface area contributed by atoms with Crippen molar-refractivity contribution in [1.82, 2.24) is 0 Å². The van der Waals surface area contributed by atoms with Crippen molar-refractivity contribution in [2.75, 3.05) is 26.8 Å². The summed E-state index contributed by atoms with van der Waals surface area (Å²) in [5.74, 6) is 6.64. The molecular formula is C26H40O6S. The van der Waals surface area contributed by atoms with E-state index in [1.54, 1.807) is 14.0 Å². The number of methoxy groups -OCH3 is 1. The molecule has 0 aliphatic rings. The molecule has 33 heavy (non-hydrogen) atoms. The Morgan fingerprint density at radius 2 is 1.85 bits per heavy atom. The highest BCUT2D eigenvalue weighted by Gasteiger charge is 2.20. The summed E-state index contributed by atoms with van der Waals surface area (Å²) in [5.41, 5.74) is 2.21. The lowest BCUT2D eigenvalue weighted by molar-refractivity contribution is -0.0684. The molecule has 0 aliphatic heterocycles. The lowest BCUT2D eigenvalue weighted by atomic mass is 9.93. The maximum absolute atomic E-state index is 11.3. The molecule has 0 N–H and O–H groups in total. The van der Waals surface area contributed by atoms with Crippen molar-refractivity contribution in [2.45, 2.75) is 65.8 Å². The zero-order valence-corrected chi connectivity index (χ0v) is 21.7. The Labute approximate surface area is 200 Å². The van der Waals surface area contributed by atoms with Crippen LogP contribution in [-0.4, -0.2) is 47.4 Å². The number of allylic oxidation sites excluding steroid dienone is 1. The second-order valence-corrected chi connectivity index (χ2v) is 10.1. The SMILES string of the molecule is COCO[C@@H](/C(C)=C/[C@H](C)CC(C)OS(C)(=O)=O)[C@H](C)C#CCCCOCc1ccccc1. The van der Waals surface area contributed by atoms with Gasteiger partial charge in [0.25, 0.3) is 10.1 Å². The summed E-state index contributed by atoms with van der Waals surface area (Å²) in [5, 5.41) is 0. The molecule has 4 atom stereocenters. The van der Waals surface area contributed by atoms with E-state index in [0.717, 1.165) is 24.7 Å². The van der Waals surface area contributed by atoms with Crippen molar-refractivity contribution in [3.8, 4) is 11.8 Å². The number of hydrogen-bond acceptors (Lipinski definition) is 6. The van der Waals surface area contributed by atoms with Gasteiger partial charge in [-0.15, -0.1) is 5.92 Å². The standard InChI is InChI=1S/C26H40O6S/c1-21(18-24(4)32-33(6,27)28)17-23(3)26(31-20-29-5)22(2)13-9-8-12-16-30-19-25-14-10-7-11-15-25/h7,10-11,14-15,17,21-22,24,26H,8,12,16,18-20H2,1-6H3/b23-17+/t21-,22+,24?,26+/m0/s1. The van der Waals surface area contributed by atoms with Crippen LogP contribution in [-0.2, 0) is 35.1 Å². The van der Waals surface area contributed by atoms with Gasteiger partial charge in [-0.1, -0.05) is 49.3 Å². The minimum Gasteiger partial charge on any atom is -0.377 e. The van der Waals surface area contributed by atoms with Gasteiger partial charge in [0, 0.05) is 26.1 Å². The second kappa shape index (κ2) is 16.0. The highest BCUT2D eigenvalue weighted by molar-refractivity contribution is 7.86. The van der Waals surface area contributed by atoms with Gasteiger partial charge in [-0.3, -0.25) is 4.18 Å². The van der Waals surface area contributed by atoms with Gasteiger partial charge in [0.15, 0.2) is 0 Å². The normalized spacial score (nSPS) is 15.9. The summed E-state index contributed by atoms with van der Waals surface area (Å²) < 4.78 is 44.4. The van der Waals surface area contributed by atoms with Crippen LogP contribution in [0.25, 0.3) is 0 Å². The highest BCUT2D eigenvalue weighted by Crippen LogP contribution is 2.21. The average Bonchev–Trinajstić information content (AvgIpc) is 2.72. The molecule has 7 heteroatoms. The van der Waals surface area contributed by atoms with Gasteiger partial charge in [0.1, 0.15) is 6.79 Å². The van der Waals surface area contributed by atoms with Gasteiger partial charge in [0.05, 0.1) is 25.1 Å². The summed E-state index contributed by atoms with van der Waals surface area (Å²) in [6.45, 7) is 9.31. The third-order valence-corrected chi connectivity index (χ3v) is 5.57. The zero-order valence-electron chi connectivity index (χ0n) is 20.9. The lowest BCUT2D eigenvalue weighted by Gasteiger charge is -2.23. The molecule has 0 heterocycles. The average molecular weight is 481 g/mol. The first kappa shape index (κ1) is 29.3. The minimum absolute atomic E-state index is 0.0152. The number of unbranched alkanes of at least 4 members (excludes halogenated alkanes) is 1. The topological polar surface area (TPSA) is 71.1 Å². The Kier molecular flexibility index (Phi) is 14.2. The van der Waals surface area contributed by atoms with E-state index in [1.807, 2.05) is 39.0 Å². The number of ether oxygens (including phenoxy) is 3. The number of benzene rings is 1. The van der Waals surface area contributed by atoms with Crippen LogP contribution in [0.1, 0.15) is 52.5 Å². The van der Waals surface area contributed by atoms with Gasteiger partial charge < -0.3 is 14.2 Å². The van der Waals surface area contributed by atoms with Crippen molar-refractivity contribution in [1.29, 1.82) is 0 Å². The maximum Gasteiger partial charge on any atom is 0.264 e. The van der Waals surface area contributed by atoms with Crippen LogP contribution >= 0.6 is 0 Å². The summed E-state index contributed by atoms with van der Waals surface area (Å²) in [7, 11) is -1.87. The smallest absolute Gasteiger partial charge is 0.264 e. The molecular weight excluding hydrogens is 440 g/mol. The third kappa shape index (κ3) is 14.2. The van der Waals surface area contributed by atoms with Gasteiger partial charge in [-0.25, -0.2) is 0 Å². The quantitative estimate of drug-likeness (QED) is 0.116. The van der Waals surface area contributed by atoms with Crippen molar-refractivity contribution in [3.05, 3.63) is 47.5 Å². The molecule has 0 amide bonds. The number of hydrogen-bond donors (Lipinski definition) is 0. The lowest BCUT2D eigenvalue weighted by Crippen LogP contribution is -2.24.